The van der Waals surface area contributed by atoms with Crippen molar-refractivity contribution in [2.75, 3.05) is 5.88 Å². The Morgan fingerprint density at radius 3 is 2.74 bits per heavy atom. The molecule has 4 rings (SSSR count). The van der Waals surface area contributed by atoms with E-state index in [9.17, 15) is 14.7 Å². The van der Waals surface area contributed by atoms with Crippen LogP contribution in [0.25, 0.3) is 0 Å². The molecule has 6 atom stereocenters. The Morgan fingerprint density at radius 1 is 1.37 bits per heavy atom. The largest absolute Gasteiger partial charge is 0.481 e. The number of rotatable bonds is 3. The van der Waals surface area contributed by atoms with Gasteiger partial charge in [0.1, 0.15) is 5.88 Å². The van der Waals surface area contributed by atoms with Gasteiger partial charge in [-0.15, -0.1) is 11.6 Å². The normalized spacial score (nSPS) is 47.2. The molecule has 0 radical (unpaired) electrons. The predicted octanol–water partition coefficient (Wildman–Crippen LogP) is 1.87. The van der Waals surface area contributed by atoms with Crippen LogP contribution >= 0.6 is 11.6 Å². The van der Waals surface area contributed by atoms with E-state index in [1.165, 1.54) is 0 Å². The van der Waals surface area contributed by atoms with Gasteiger partial charge in [-0.2, -0.15) is 0 Å². The van der Waals surface area contributed by atoms with Crippen LogP contribution in [0.5, 0.6) is 0 Å². The summed E-state index contributed by atoms with van der Waals surface area (Å²) in [5, 5.41) is 12.7. The SMILES string of the molecule is CC1C2CC3CC(CC1(C(=O)O)C3)C2NC(=O)CCl. The minimum absolute atomic E-state index is 0.0160. The summed E-state index contributed by atoms with van der Waals surface area (Å²) in [6.07, 6.45) is 3.65. The quantitative estimate of drug-likeness (QED) is 0.778. The van der Waals surface area contributed by atoms with Crippen LogP contribution in [-0.4, -0.2) is 28.9 Å². The Labute approximate surface area is 117 Å². The highest BCUT2D eigenvalue weighted by Crippen LogP contribution is 2.62. The van der Waals surface area contributed by atoms with Gasteiger partial charge in [-0.05, 0) is 49.4 Å². The lowest BCUT2D eigenvalue weighted by molar-refractivity contribution is -0.180. The molecule has 4 bridgehead atoms. The van der Waals surface area contributed by atoms with Crippen molar-refractivity contribution < 1.29 is 14.7 Å². The van der Waals surface area contributed by atoms with Crippen molar-refractivity contribution in [2.24, 2.45) is 29.1 Å². The molecule has 0 aromatic rings. The molecule has 4 fully saturated rings. The maximum Gasteiger partial charge on any atom is 0.309 e. The molecule has 6 unspecified atom stereocenters. The molecule has 4 aliphatic rings. The topological polar surface area (TPSA) is 66.4 Å². The molecular weight excluding hydrogens is 266 g/mol. The highest BCUT2D eigenvalue weighted by molar-refractivity contribution is 6.27. The van der Waals surface area contributed by atoms with E-state index in [0.717, 1.165) is 19.3 Å². The summed E-state index contributed by atoms with van der Waals surface area (Å²) in [6, 6.07) is 0.130. The van der Waals surface area contributed by atoms with Gasteiger partial charge in [0.25, 0.3) is 0 Å². The second kappa shape index (κ2) is 4.37. The van der Waals surface area contributed by atoms with E-state index >= 15 is 0 Å². The number of carboxylic acids is 1. The molecule has 0 saturated heterocycles. The molecule has 0 aromatic heterocycles. The number of alkyl halides is 1. The van der Waals surface area contributed by atoms with Crippen LogP contribution in [0.1, 0.15) is 32.6 Å². The van der Waals surface area contributed by atoms with Gasteiger partial charge in [-0.25, -0.2) is 0 Å². The first kappa shape index (κ1) is 13.2. The molecule has 2 N–H and O–H groups in total. The van der Waals surface area contributed by atoms with Crippen LogP contribution in [0, 0.1) is 29.1 Å². The molecule has 4 saturated carbocycles. The number of hydrogen-bond donors (Lipinski definition) is 2. The second-order valence-electron chi connectivity index (χ2n) is 6.65. The first-order valence-corrected chi connectivity index (χ1v) is 7.60. The maximum absolute atomic E-state index is 11.7. The summed E-state index contributed by atoms with van der Waals surface area (Å²) < 4.78 is 0. The third-order valence-electron chi connectivity index (χ3n) is 5.88. The summed E-state index contributed by atoms with van der Waals surface area (Å²) in [5.41, 5.74) is -0.543. The summed E-state index contributed by atoms with van der Waals surface area (Å²) in [6.45, 7) is 2.05. The summed E-state index contributed by atoms with van der Waals surface area (Å²) in [7, 11) is 0. The third-order valence-corrected chi connectivity index (χ3v) is 6.12. The molecule has 0 spiro atoms. The average Bonchev–Trinajstić information content (AvgIpc) is 2.38. The molecule has 106 valence electrons. The highest BCUT2D eigenvalue weighted by Gasteiger charge is 2.62. The standard InChI is InChI=1S/C14H20ClNO3/c1-7-10-3-8-2-9(12(10)16-11(17)6-15)5-14(7,4-8)13(18)19/h7-10,12H,2-6H2,1H3,(H,16,17)(H,18,19). The van der Waals surface area contributed by atoms with Crippen LogP contribution in [0.15, 0.2) is 0 Å². The average molecular weight is 286 g/mol. The smallest absolute Gasteiger partial charge is 0.309 e. The van der Waals surface area contributed by atoms with Gasteiger partial charge in [-0.1, -0.05) is 6.92 Å². The van der Waals surface area contributed by atoms with Gasteiger partial charge >= 0.3 is 5.97 Å². The van der Waals surface area contributed by atoms with Crippen LogP contribution in [-0.2, 0) is 9.59 Å². The number of nitrogens with one attached hydrogen (secondary N) is 1. The highest BCUT2D eigenvalue weighted by atomic mass is 35.5. The van der Waals surface area contributed by atoms with E-state index in [2.05, 4.69) is 12.2 Å². The molecule has 4 aliphatic carbocycles. The van der Waals surface area contributed by atoms with Gasteiger partial charge in [0, 0.05) is 6.04 Å². The van der Waals surface area contributed by atoms with Gasteiger partial charge in [0.15, 0.2) is 0 Å². The molecule has 4 nitrogen and oxygen atoms in total. The number of aliphatic carboxylic acids is 1. The van der Waals surface area contributed by atoms with E-state index in [1.807, 2.05) is 0 Å². The zero-order valence-corrected chi connectivity index (χ0v) is 11.8. The van der Waals surface area contributed by atoms with E-state index < -0.39 is 11.4 Å². The van der Waals surface area contributed by atoms with Crippen molar-refractivity contribution in [1.29, 1.82) is 0 Å². The zero-order valence-electron chi connectivity index (χ0n) is 11.1. The summed E-state index contributed by atoms with van der Waals surface area (Å²) >= 11 is 5.57. The number of hydrogen-bond acceptors (Lipinski definition) is 2. The van der Waals surface area contributed by atoms with Gasteiger partial charge < -0.3 is 10.4 Å². The second-order valence-corrected chi connectivity index (χ2v) is 6.91. The molecule has 0 aromatic carbocycles. The lowest BCUT2D eigenvalue weighted by Gasteiger charge is -2.61. The number of halogens is 1. The molecule has 5 heteroatoms. The van der Waals surface area contributed by atoms with E-state index in [-0.39, 0.29) is 23.7 Å². The Morgan fingerprint density at radius 2 is 2.11 bits per heavy atom. The van der Waals surface area contributed by atoms with Crippen molar-refractivity contribution in [1.82, 2.24) is 5.32 Å². The first-order valence-electron chi connectivity index (χ1n) is 7.06. The lowest BCUT2D eigenvalue weighted by Crippen LogP contribution is -2.65. The van der Waals surface area contributed by atoms with Crippen molar-refractivity contribution in [2.45, 2.75) is 38.6 Å². The van der Waals surface area contributed by atoms with Crippen molar-refractivity contribution >= 4 is 23.5 Å². The van der Waals surface area contributed by atoms with Gasteiger partial charge in [0.05, 0.1) is 5.41 Å². The number of amides is 1. The number of carboxylic acid groups (broad SMARTS) is 1. The Bertz CT molecular complexity index is 427. The predicted molar refractivity (Wildman–Crippen MR) is 70.8 cm³/mol. The fourth-order valence-electron chi connectivity index (χ4n) is 5.11. The van der Waals surface area contributed by atoms with E-state index in [1.54, 1.807) is 0 Å². The minimum atomic E-state index is -0.637. The van der Waals surface area contributed by atoms with Crippen LogP contribution in [0.2, 0.25) is 0 Å². The first-order chi connectivity index (χ1) is 8.98. The monoisotopic (exact) mass is 285 g/mol. The molecule has 0 aliphatic heterocycles. The van der Waals surface area contributed by atoms with Crippen LogP contribution < -0.4 is 5.32 Å². The molecule has 1 amide bonds. The maximum atomic E-state index is 11.7. The Kier molecular flexibility index (Phi) is 3.04. The van der Waals surface area contributed by atoms with Crippen LogP contribution in [0.4, 0.5) is 0 Å². The lowest BCUT2D eigenvalue weighted by atomic mass is 9.44. The molecular formula is C14H20ClNO3. The summed E-state index contributed by atoms with van der Waals surface area (Å²) in [4.78, 5) is 23.3. The Hall–Kier alpha value is -0.770. The van der Waals surface area contributed by atoms with E-state index in [0.29, 0.717) is 24.2 Å². The molecule has 19 heavy (non-hydrogen) atoms. The minimum Gasteiger partial charge on any atom is -0.481 e. The Balaban J connectivity index is 1.88. The van der Waals surface area contributed by atoms with Crippen molar-refractivity contribution in [3.8, 4) is 0 Å². The fourth-order valence-corrected chi connectivity index (χ4v) is 5.19. The summed E-state index contributed by atoms with van der Waals surface area (Å²) in [5.74, 6) is 0.500. The number of carbonyl (C=O) groups excluding carboxylic acids is 1. The van der Waals surface area contributed by atoms with Crippen molar-refractivity contribution in [3.63, 3.8) is 0 Å². The van der Waals surface area contributed by atoms with Gasteiger partial charge in [-0.3, -0.25) is 9.59 Å². The van der Waals surface area contributed by atoms with E-state index in [4.69, 9.17) is 11.6 Å². The van der Waals surface area contributed by atoms with Gasteiger partial charge in [0.2, 0.25) is 5.91 Å². The van der Waals surface area contributed by atoms with Crippen LogP contribution in [0.3, 0.4) is 0 Å². The number of carbonyl (C=O) groups is 2. The zero-order chi connectivity index (χ0) is 13.8. The molecule has 0 heterocycles. The van der Waals surface area contributed by atoms with Crippen molar-refractivity contribution in [3.05, 3.63) is 0 Å². The fraction of sp³-hybridized carbons (Fsp3) is 0.857. The third kappa shape index (κ3) is 1.79.